The summed E-state index contributed by atoms with van der Waals surface area (Å²) in [7, 11) is 1.71. The summed E-state index contributed by atoms with van der Waals surface area (Å²) in [5, 5.41) is 3.36. The third-order valence-electron chi connectivity index (χ3n) is 3.07. The van der Waals surface area contributed by atoms with Crippen molar-refractivity contribution in [3.05, 3.63) is 57.2 Å². The average Bonchev–Trinajstić information content (AvgIpc) is 2.48. The van der Waals surface area contributed by atoms with Crippen LogP contribution in [0.1, 0.15) is 11.1 Å². The van der Waals surface area contributed by atoms with Crippen LogP contribution in [-0.4, -0.2) is 20.3 Å². The molecule has 0 saturated carbocycles. The Kier molecular flexibility index (Phi) is 6.48. The van der Waals surface area contributed by atoms with Gasteiger partial charge in [0.2, 0.25) is 0 Å². The van der Waals surface area contributed by atoms with Crippen LogP contribution in [-0.2, 0) is 11.3 Å². The van der Waals surface area contributed by atoms with Crippen molar-refractivity contribution < 1.29 is 9.47 Å². The summed E-state index contributed by atoms with van der Waals surface area (Å²) in [5.74, 6) is 1.79. The van der Waals surface area contributed by atoms with Gasteiger partial charge in [0.05, 0.1) is 10.2 Å². The molecule has 2 aromatic carbocycles. The van der Waals surface area contributed by atoms with Gasteiger partial charge >= 0.3 is 0 Å². The highest BCUT2D eigenvalue weighted by atomic mass is 127. The Morgan fingerprint density at radius 1 is 1.10 bits per heavy atom. The molecule has 0 aliphatic heterocycles. The molecule has 0 spiro atoms. The number of aryl methyl sites for hydroxylation is 1. The number of halogens is 1. The highest BCUT2D eigenvalue weighted by Gasteiger charge is 2.07. The molecular formula is C17H20INO2. The lowest BCUT2D eigenvalue weighted by Crippen LogP contribution is -2.18. The number of ether oxygens (including phenoxy) is 2. The van der Waals surface area contributed by atoms with Crippen LogP contribution in [0.25, 0.3) is 0 Å². The molecular weight excluding hydrogens is 377 g/mol. The molecule has 3 nitrogen and oxygen atoms in total. The Labute approximate surface area is 139 Å². The lowest BCUT2D eigenvalue weighted by molar-refractivity contribution is 0.199. The van der Waals surface area contributed by atoms with Crippen molar-refractivity contribution in [1.82, 2.24) is 5.32 Å². The van der Waals surface area contributed by atoms with Crippen LogP contribution in [0.4, 0.5) is 0 Å². The fourth-order valence-electron chi connectivity index (χ4n) is 1.99. The molecule has 1 N–H and O–H groups in total. The van der Waals surface area contributed by atoms with Crippen molar-refractivity contribution in [3.63, 3.8) is 0 Å². The Balaban J connectivity index is 2.13. The maximum absolute atomic E-state index is 6.07. The Bertz CT molecular complexity index is 587. The first-order chi connectivity index (χ1) is 10.2. The van der Waals surface area contributed by atoms with Crippen molar-refractivity contribution in [2.45, 2.75) is 13.5 Å². The fourth-order valence-corrected chi connectivity index (χ4v) is 2.49. The van der Waals surface area contributed by atoms with E-state index in [1.807, 2.05) is 30.3 Å². The molecule has 0 aliphatic carbocycles. The average molecular weight is 397 g/mol. The number of benzene rings is 2. The number of methoxy groups -OCH3 is 1. The highest BCUT2D eigenvalue weighted by molar-refractivity contribution is 14.1. The highest BCUT2D eigenvalue weighted by Crippen LogP contribution is 2.29. The largest absolute Gasteiger partial charge is 0.456 e. The van der Waals surface area contributed by atoms with Crippen molar-refractivity contribution in [2.24, 2.45) is 0 Å². The van der Waals surface area contributed by atoms with Gasteiger partial charge in [-0.15, -0.1) is 0 Å². The molecule has 0 radical (unpaired) electrons. The second-order valence-corrected chi connectivity index (χ2v) is 5.98. The molecule has 2 aromatic rings. The number of nitrogens with one attached hydrogen (secondary N) is 1. The molecule has 0 atom stereocenters. The van der Waals surface area contributed by atoms with E-state index < -0.39 is 0 Å². The predicted molar refractivity (Wildman–Crippen MR) is 94.0 cm³/mol. The zero-order valence-corrected chi connectivity index (χ0v) is 14.5. The van der Waals surface area contributed by atoms with E-state index in [9.17, 15) is 0 Å². The molecule has 0 heterocycles. The van der Waals surface area contributed by atoms with E-state index in [1.165, 1.54) is 5.56 Å². The summed E-state index contributed by atoms with van der Waals surface area (Å²) in [6.45, 7) is 4.39. The first kappa shape index (κ1) is 16.3. The molecule has 0 aromatic heterocycles. The van der Waals surface area contributed by atoms with Gasteiger partial charge in [-0.25, -0.2) is 0 Å². The van der Waals surface area contributed by atoms with Crippen LogP contribution in [0.3, 0.4) is 0 Å². The molecule has 4 heteroatoms. The van der Waals surface area contributed by atoms with E-state index >= 15 is 0 Å². The quantitative estimate of drug-likeness (QED) is 0.563. The summed E-state index contributed by atoms with van der Waals surface area (Å²) < 4.78 is 12.2. The van der Waals surface area contributed by atoms with Gasteiger partial charge in [0.1, 0.15) is 11.5 Å². The minimum absolute atomic E-state index is 0.707. The molecule has 112 valence electrons. The van der Waals surface area contributed by atoms with E-state index in [0.717, 1.165) is 33.7 Å². The molecule has 2 rings (SSSR count). The van der Waals surface area contributed by atoms with E-state index in [-0.39, 0.29) is 0 Å². The smallest absolute Gasteiger partial charge is 0.140 e. The first-order valence-electron chi connectivity index (χ1n) is 6.92. The van der Waals surface area contributed by atoms with Gasteiger partial charge in [0.25, 0.3) is 0 Å². The topological polar surface area (TPSA) is 30.5 Å². The summed E-state index contributed by atoms with van der Waals surface area (Å²) in [5.41, 5.74) is 2.39. The third-order valence-corrected chi connectivity index (χ3v) is 3.96. The summed E-state index contributed by atoms with van der Waals surface area (Å²) in [6, 6.07) is 14.3. The Morgan fingerprint density at radius 2 is 1.90 bits per heavy atom. The van der Waals surface area contributed by atoms with Crippen LogP contribution < -0.4 is 10.1 Å². The van der Waals surface area contributed by atoms with Gasteiger partial charge in [-0.2, -0.15) is 0 Å². The van der Waals surface area contributed by atoms with Gasteiger partial charge in [0, 0.05) is 25.8 Å². The van der Waals surface area contributed by atoms with Crippen molar-refractivity contribution in [3.8, 4) is 11.5 Å². The zero-order valence-electron chi connectivity index (χ0n) is 12.4. The third kappa shape index (κ3) is 4.98. The molecule has 0 saturated heterocycles. The van der Waals surface area contributed by atoms with E-state index in [1.54, 1.807) is 7.11 Å². The predicted octanol–water partition coefficient (Wildman–Crippen LogP) is 4.13. The van der Waals surface area contributed by atoms with E-state index in [4.69, 9.17) is 9.47 Å². The lowest BCUT2D eigenvalue weighted by atomic mass is 10.1. The maximum Gasteiger partial charge on any atom is 0.140 e. The first-order valence-corrected chi connectivity index (χ1v) is 8.00. The van der Waals surface area contributed by atoms with Gasteiger partial charge in [-0.05, 0) is 47.7 Å². The van der Waals surface area contributed by atoms with E-state index in [0.29, 0.717) is 6.61 Å². The van der Waals surface area contributed by atoms with Crippen LogP contribution in [0.15, 0.2) is 42.5 Å². The zero-order chi connectivity index (χ0) is 15.1. The molecule has 0 fully saturated rings. The summed E-state index contributed by atoms with van der Waals surface area (Å²) in [6.07, 6.45) is 0. The van der Waals surface area contributed by atoms with Crippen molar-refractivity contribution in [2.75, 3.05) is 20.3 Å². The van der Waals surface area contributed by atoms with Crippen LogP contribution in [0.2, 0.25) is 0 Å². The van der Waals surface area contributed by atoms with Gasteiger partial charge in [-0.1, -0.05) is 29.8 Å². The molecule has 0 bridgehead atoms. The lowest BCUT2D eigenvalue weighted by Gasteiger charge is -2.14. The van der Waals surface area contributed by atoms with Gasteiger partial charge in [-0.3, -0.25) is 0 Å². The van der Waals surface area contributed by atoms with Gasteiger partial charge < -0.3 is 14.8 Å². The monoisotopic (exact) mass is 397 g/mol. The molecule has 0 unspecified atom stereocenters. The maximum atomic E-state index is 6.07. The van der Waals surface area contributed by atoms with Crippen molar-refractivity contribution >= 4 is 22.6 Å². The molecule has 0 aliphatic rings. The second-order valence-electron chi connectivity index (χ2n) is 4.81. The standard InChI is InChI=1S/C17H20INO2/c1-13-7-8-16(14(11-13)12-19-9-10-20-2)21-17-6-4-3-5-15(17)18/h3-8,11,19H,9-10,12H2,1-2H3. The second kappa shape index (κ2) is 8.36. The van der Waals surface area contributed by atoms with Crippen LogP contribution in [0, 0.1) is 10.5 Å². The Hall–Kier alpha value is -1.11. The molecule has 0 amide bonds. The minimum Gasteiger partial charge on any atom is -0.456 e. The Morgan fingerprint density at radius 3 is 2.67 bits per heavy atom. The molecule has 21 heavy (non-hydrogen) atoms. The van der Waals surface area contributed by atoms with Crippen LogP contribution in [0.5, 0.6) is 11.5 Å². The number of hydrogen-bond donors (Lipinski definition) is 1. The summed E-state index contributed by atoms with van der Waals surface area (Å²) in [4.78, 5) is 0. The van der Waals surface area contributed by atoms with Gasteiger partial charge in [0.15, 0.2) is 0 Å². The summed E-state index contributed by atoms with van der Waals surface area (Å²) >= 11 is 2.29. The number of para-hydroxylation sites is 1. The normalized spacial score (nSPS) is 10.6. The van der Waals surface area contributed by atoms with Crippen molar-refractivity contribution in [1.29, 1.82) is 0 Å². The number of rotatable bonds is 7. The minimum atomic E-state index is 0.707. The fraction of sp³-hybridized carbons (Fsp3) is 0.294. The van der Waals surface area contributed by atoms with E-state index in [2.05, 4.69) is 47.0 Å². The van der Waals surface area contributed by atoms with Crippen LogP contribution >= 0.6 is 22.6 Å². The number of hydrogen-bond acceptors (Lipinski definition) is 3. The SMILES string of the molecule is COCCNCc1cc(C)ccc1Oc1ccccc1I.